The van der Waals surface area contributed by atoms with Crippen molar-refractivity contribution in [2.75, 3.05) is 18.1 Å². The first-order chi connectivity index (χ1) is 13.8. The molecule has 1 atom stereocenters. The van der Waals surface area contributed by atoms with Gasteiger partial charge in [-0.3, -0.25) is 4.79 Å². The van der Waals surface area contributed by atoms with Crippen molar-refractivity contribution in [1.29, 1.82) is 0 Å². The van der Waals surface area contributed by atoms with Gasteiger partial charge in [-0.1, -0.05) is 31.4 Å². The van der Waals surface area contributed by atoms with E-state index in [1.807, 2.05) is 0 Å². The third-order valence-corrected chi connectivity index (χ3v) is 7.21. The highest BCUT2D eigenvalue weighted by Crippen LogP contribution is 2.28. The minimum atomic E-state index is -3.13. The molecule has 1 aliphatic heterocycles. The van der Waals surface area contributed by atoms with Crippen LogP contribution in [0.4, 0.5) is 4.39 Å². The number of benzene rings is 1. The topological polar surface area (TPSA) is 80.8 Å². The molecular weight excluding hydrogens is 397 g/mol. The Kier molecular flexibility index (Phi) is 7.05. The fraction of sp³-hybridized carbons (Fsp3) is 0.524. The maximum atomic E-state index is 13.2. The van der Waals surface area contributed by atoms with Gasteiger partial charge in [0, 0.05) is 18.2 Å². The second-order valence-corrected chi connectivity index (χ2v) is 9.87. The van der Waals surface area contributed by atoms with Crippen LogP contribution in [0, 0.1) is 5.82 Å². The Morgan fingerprint density at radius 3 is 2.55 bits per heavy atom. The molecule has 0 unspecified atom stereocenters. The van der Waals surface area contributed by atoms with Gasteiger partial charge in [-0.05, 0) is 43.0 Å². The lowest BCUT2D eigenvalue weighted by Crippen LogP contribution is -2.50. The van der Waals surface area contributed by atoms with E-state index in [9.17, 15) is 22.4 Å². The number of hydrogen-bond acceptors (Lipinski definition) is 5. The summed E-state index contributed by atoms with van der Waals surface area (Å²) in [6.45, 7) is -0.431. The molecule has 0 radical (unpaired) electrons. The summed E-state index contributed by atoms with van der Waals surface area (Å²) >= 11 is 0. The average Bonchev–Trinajstić information content (AvgIpc) is 3.05. The van der Waals surface area contributed by atoms with Crippen molar-refractivity contribution in [3.8, 4) is 0 Å². The van der Waals surface area contributed by atoms with E-state index in [2.05, 4.69) is 0 Å². The summed E-state index contributed by atoms with van der Waals surface area (Å²) < 4.78 is 42.1. The minimum Gasteiger partial charge on any atom is -0.452 e. The number of rotatable bonds is 6. The number of esters is 1. The predicted octanol–water partition coefficient (Wildman–Crippen LogP) is 2.73. The lowest BCUT2D eigenvalue weighted by molar-refractivity contribution is -0.151. The maximum absolute atomic E-state index is 13.2. The first-order valence-corrected chi connectivity index (χ1v) is 11.8. The molecule has 6 nitrogen and oxygen atoms in total. The molecule has 2 aliphatic rings. The van der Waals surface area contributed by atoms with E-state index >= 15 is 0 Å². The molecule has 3 rings (SSSR count). The largest absolute Gasteiger partial charge is 0.452 e. The third-order valence-electron chi connectivity index (χ3n) is 5.46. The molecule has 1 heterocycles. The van der Waals surface area contributed by atoms with E-state index in [1.165, 1.54) is 24.3 Å². The zero-order valence-electron chi connectivity index (χ0n) is 16.3. The van der Waals surface area contributed by atoms with Gasteiger partial charge in [0.2, 0.25) is 0 Å². The number of carbonyl (C=O) groups is 2. The van der Waals surface area contributed by atoms with Crippen molar-refractivity contribution >= 4 is 27.8 Å². The Morgan fingerprint density at radius 2 is 1.90 bits per heavy atom. The van der Waals surface area contributed by atoms with Crippen LogP contribution in [0.1, 0.15) is 44.1 Å². The molecule has 1 aromatic carbocycles. The molecule has 1 saturated carbocycles. The summed E-state index contributed by atoms with van der Waals surface area (Å²) in [5, 5.41) is 0. The number of nitrogens with zero attached hydrogens (tertiary/aromatic N) is 1. The Bertz CT molecular complexity index is 877. The smallest absolute Gasteiger partial charge is 0.331 e. The van der Waals surface area contributed by atoms with Crippen LogP contribution < -0.4 is 0 Å². The van der Waals surface area contributed by atoms with Crippen LogP contribution in [0.3, 0.4) is 0 Å². The Hall–Kier alpha value is -2.22. The summed E-state index contributed by atoms with van der Waals surface area (Å²) in [7, 11) is -3.13. The molecule has 0 aromatic heterocycles. The predicted molar refractivity (Wildman–Crippen MR) is 107 cm³/mol. The van der Waals surface area contributed by atoms with E-state index in [0.29, 0.717) is 12.0 Å². The van der Waals surface area contributed by atoms with Gasteiger partial charge in [0.05, 0.1) is 11.5 Å². The first-order valence-electron chi connectivity index (χ1n) is 9.96. The molecule has 1 amide bonds. The highest BCUT2D eigenvalue weighted by Gasteiger charge is 2.38. The quantitative estimate of drug-likeness (QED) is 0.519. The highest BCUT2D eigenvalue weighted by molar-refractivity contribution is 7.91. The maximum Gasteiger partial charge on any atom is 0.331 e. The molecule has 0 N–H and O–H groups in total. The average molecular weight is 424 g/mol. The van der Waals surface area contributed by atoms with Crippen LogP contribution in [0.25, 0.3) is 6.08 Å². The first kappa shape index (κ1) is 21.5. The summed E-state index contributed by atoms with van der Waals surface area (Å²) in [6.07, 6.45) is 7.80. The van der Waals surface area contributed by atoms with Gasteiger partial charge in [0.1, 0.15) is 5.82 Å². The zero-order valence-corrected chi connectivity index (χ0v) is 17.1. The van der Waals surface area contributed by atoms with Crippen LogP contribution in [0.5, 0.6) is 0 Å². The van der Waals surface area contributed by atoms with Gasteiger partial charge in [-0.15, -0.1) is 0 Å². The van der Waals surface area contributed by atoms with Crippen LogP contribution >= 0.6 is 0 Å². The monoisotopic (exact) mass is 423 g/mol. The van der Waals surface area contributed by atoms with E-state index in [0.717, 1.165) is 38.2 Å². The summed E-state index contributed by atoms with van der Waals surface area (Å²) in [4.78, 5) is 26.5. The number of sulfone groups is 1. The molecule has 0 bridgehead atoms. The Balaban J connectivity index is 1.61. The molecule has 158 valence electrons. The second kappa shape index (κ2) is 9.52. The lowest BCUT2D eigenvalue weighted by Gasteiger charge is -2.38. The van der Waals surface area contributed by atoms with Crippen molar-refractivity contribution in [1.82, 2.24) is 4.90 Å². The fourth-order valence-corrected chi connectivity index (χ4v) is 5.80. The van der Waals surface area contributed by atoms with Gasteiger partial charge >= 0.3 is 5.97 Å². The van der Waals surface area contributed by atoms with Crippen molar-refractivity contribution in [2.24, 2.45) is 0 Å². The minimum absolute atomic E-state index is 0.00362. The molecule has 8 heteroatoms. The SMILES string of the molecule is O=C(/C=C/c1cccc(F)c1)OCC(=O)N(C1CCCCC1)[C@@H]1CCS(=O)(=O)C1. The van der Waals surface area contributed by atoms with Crippen molar-refractivity contribution < 1.29 is 27.1 Å². The zero-order chi connectivity index (χ0) is 20.9. The molecule has 1 saturated heterocycles. The number of amides is 1. The van der Waals surface area contributed by atoms with Crippen molar-refractivity contribution in [3.05, 3.63) is 41.7 Å². The van der Waals surface area contributed by atoms with Crippen LogP contribution in [0.2, 0.25) is 0 Å². The lowest BCUT2D eigenvalue weighted by atomic mass is 9.93. The molecule has 1 aliphatic carbocycles. The number of halogens is 1. The molecule has 0 spiro atoms. The molecule has 1 aromatic rings. The van der Waals surface area contributed by atoms with E-state index in [4.69, 9.17) is 4.74 Å². The van der Waals surface area contributed by atoms with Gasteiger partial charge in [0.15, 0.2) is 16.4 Å². The summed E-state index contributed by atoms with van der Waals surface area (Å²) in [6, 6.07) is 5.40. The van der Waals surface area contributed by atoms with Crippen LogP contribution in [0.15, 0.2) is 30.3 Å². The van der Waals surface area contributed by atoms with Crippen LogP contribution in [-0.2, 0) is 24.2 Å². The Morgan fingerprint density at radius 1 is 1.14 bits per heavy atom. The van der Waals surface area contributed by atoms with Gasteiger partial charge < -0.3 is 9.64 Å². The van der Waals surface area contributed by atoms with E-state index < -0.39 is 28.2 Å². The van der Waals surface area contributed by atoms with E-state index in [-0.39, 0.29) is 29.5 Å². The normalized spacial score (nSPS) is 21.9. The third kappa shape index (κ3) is 6.13. The van der Waals surface area contributed by atoms with E-state index in [1.54, 1.807) is 11.0 Å². The fourth-order valence-electron chi connectivity index (χ4n) is 4.09. The molecule has 29 heavy (non-hydrogen) atoms. The van der Waals surface area contributed by atoms with Gasteiger partial charge in [-0.25, -0.2) is 17.6 Å². The van der Waals surface area contributed by atoms with Gasteiger partial charge in [-0.2, -0.15) is 0 Å². The highest BCUT2D eigenvalue weighted by atomic mass is 32.2. The molecule has 2 fully saturated rings. The summed E-state index contributed by atoms with van der Waals surface area (Å²) in [5.41, 5.74) is 0.508. The summed E-state index contributed by atoms with van der Waals surface area (Å²) in [5.74, 6) is -1.41. The van der Waals surface area contributed by atoms with Gasteiger partial charge in [0.25, 0.3) is 5.91 Å². The molecular formula is C21H26FNO5S. The van der Waals surface area contributed by atoms with Crippen molar-refractivity contribution in [3.63, 3.8) is 0 Å². The number of ether oxygens (including phenoxy) is 1. The standard InChI is InChI=1S/C21H26FNO5S/c22-17-6-4-5-16(13-17)9-10-21(25)28-14-20(24)23(18-7-2-1-3-8-18)19-11-12-29(26,27)15-19/h4-6,9-10,13,18-19H,1-3,7-8,11-12,14-15H2/b10-9+/t19-/m1/s1. The van der Waals surface area contributed by atoms with Crippen molar-refractivity contribution in [2.45, 2.75) is 50.6 Å². The number of carbonyl (C=O) groups excluding carboxylic acids is 2. The van der Waals surface area contributed by atoms with Crippen LogP contribution in [-0.4, -0.2) is 55.4 Å². The Labute approximate surface area is 170 Å². The number of hydrogen-bond donors (Lipinski definition) is 0. The second-order valence-electron chi connectivity index (χ2n) is 7.65.